The Bertz CT molecular complexity index is 810. The number of hydrogen-bond acceptors (Lipinski definition) is 5. The first-order valence-electron chi connectivity index (χ1n) is 6.06. The fourth-order valence-corrected chi connectivity index (χ4v) is 2.66. The summed E-state index contributed by atoms with van der Waals surface area (Å²) in [6.45, 7) is 0. The highest BCUT2D eigenvalue weighted by molar-refractivity contribution is 7.98. The molecule has 0 unspecified atom stereocenters. The molecular weight excluding hydrogens is 327 g/mol. The molecule has 0 spiro atoms. The maximum Gasteiger partial charge on any atom is 0.191 e. The van der Waals surface area contributed by atoms with Gasteiger partial charge in [-0.1, -0.05) is 35.0 Å². The number of thioether (sulfide) groups is 1. The number of aromatic nitrogens is 3. The predicted octanol–water partition coefficient (Wildman–Crippen LogP) is 4.80. The van der Waals surface area contributed by atoms with Gasteiger partial charge in [-0.05, 0) is 36.6 Å². The van der Waals surface area contributed by atoms with Gasteiger partial charge in [0.15, 0.2) is 10.8 Å². The van der Waals surface area contributed by atoms with Crippen LogP contribution in [0, 0.1) is 0 Å². The van der Waals surface area contributed by atoms with Crippen molar-refractivity contribution in [2.24, 2.45) is 0 Å². The molecule has 21 heavy (non-hydrogen) atoms. The third-order valence-corrected chi connectivity index (χ3v) is 3.91. The van der Waals surface area contributed by atoms with Gasteiger partial charge in [-0.25, -0.2) is 15.0 Å². The maximum absolute atomic E-state index is 6.19. The molecule has 0 atom stereocenters. The average Bonchev–Trinajstić information content (AvgIpc) is 2.49. The Morgan fingerprint density at radius 2 is 2.00 bits per heavy atom. The first-order valence-corrected chi connectivity index (χ1v) is 8.04. The smallest absolute Gasteiger partial charge is 0.191 e. The first-order chi connectivity index (χ1) is 10.2. The van der Waals surface area contributed by atoms with Crippen LogP contribution >= 0.6 is 35.0 Å². The molecule has 3 rings (SSSR count). The summed E-state index contributed by atoms with van der Waals surface area (Å²) in [5, 5.41) is 5.82. The van der Waals surface area contributed by atoms with Crippen molar-refractivity contribution in [1.82, 2.24) is 15.0 Å². The molecule has 0 amide bonds. The zero-order valence-electron chi connectivity index (χ0n) is 11.0. The predicted molar refractivity (Wildman–Crippen MR) is 88.9 cm³/mol. The van der Waals surface area contributed by atoms with Crippen LogP contribution in [-0.2, 0) is 0 Å². The van der Waals surface area contributed by atoms with E-state index >= 15 is 0 Å². The minimum absolute atomic E-state index is 0.531. The van der Waals surface area contributed by atoms with Crippen LogP contribution < -0.4 is 5.32 Å². The van der Waals surface area contributed by atoms with Gasteiger partial charge in [-0.15, -0.1) is 0 Å². The standard InChI is InChI=1S/C14H10Cl2N4S/c1-21-14-19-12-9(3-2-6-17-12)13(20-14)18-11-5-4-8(15)7-10(11)16/h2-7H,1H3,(H,17,18,19,20). The number of pyridine rings is 1. The van der Waals surface area contributed by atoms with Crippen molar-refractivity contribution in [3.63, 3.8) is 0 Å². The molecule has 3 aromatic rings. The quantitative estimate of drug-likeness (QED) is 0.550. The van der Waals surface area contributed by atoms with Gasteiger partial charge >= 0.3 is 0 Å². The Hall–Kier alpha value is -1.56. The van der Waals surface area contributed by atoms with Gasteiger partial charge in [0.05, 0.1) is 16.1 Å². The number of nitrogens with zero attached hydrogens (tertiary/aromatic N) is 3. The summed E-state index contributed by atoms with van der Waals surface area (Å²) in [5.74, 6) is 0.668. The number of fused-ring (bicyclic) bond motifs is 1. The summed E-state index contributed by atoms with van der Waals surface area (Å²) in [5.41, 5.74) is 1.38. The van der Waals surface area contributed by atoms with Crippen molar-refractivity contribution in [1.29, 1.82) is 0 Å². The van der Waals surface area contributed by atoms with Gasteiger partial charge in [-0.2, -0.15) is 0 Å². The van der Waals surface area contributed by atoms with E-state index in [0.717, 1.165) is 11.1 Å². The van der Waals surface area contributed by atoms with E-state index in [2.05, 4.69) is 20.3 Å². The SMILES string of the molecule is CSc1nc(Nc2ccc(Cl)cc2Cl)c2cccnc2n1. The number of benzene rings is 1. The van der Waals surface area contributed by atoms with Gasteiger partial charge < -0.3 is 5.32 Å². The largest absolute Gasteiger partial charge is 0.338 e. The van der Waals surface area contributed by atoms with E-state index in [-0.39, 0.29) is 0 Å². The summed E-state index contributed by atoms with van der Waals surface area (Å²) in [6, 6.07) is 9.03. The molecule has 0 fully saturated rings. The molecule has 0 radical (unpaired) electrons. The van der Waals surface area contributed by atoms with Crippen molar-refractivity contribution >= 4 is 57.5 Å². The molecule has 106 valence electrons. The fourth-order valence-electron chi connectivity index (χ4n) is 1.85. The Kier molecular flexibility index (Phi) is 4.14. The highest BCUT2D eigenvalue weighted by Crippen LogP contribution is 2.30. The third kappa shape index (κ3) is 3.05. The molecule has 0 aliphatic carbocycles. The highest BCUT2D eigenvalue weighted by Gasteiger charge is 2.10. The topological polar surface area (TPSA) is 50.7 Å². The van der Waals surface area contributed by atoms with Crippen LogP contribution in [0.1, 0.15) is 0 Å². The van der Waals surface area contributed by atoms with Gasteiger partial charge in [0.25, 0.3) is 0 Å². The normalized spacial score (nSPS) is 10.8. The first kappa shape index (κ1) is 14.4. The molecule has 2 aromatic heterocycles. The lowest BCUT2D eigenvalue weighted by molar-refractivity contribution is 0.996. The maximum atomic E-state index is 6.19. The molecule has 2 heterocycles. The lowest BCUT2D eigenvalue weighted by atomic mass is 10.3. The summed E-state index contributed by atoms with van der Waals surface area (Å²) >= 11 is 13.6. The van der Waals surface area contributed by atoms with Crippen LogP contribution in [0.5, 0.6) is 0 Å². The van der Waals surface area contributed by atoms with Crippen LogP contribution in [0.2, 0.25) is 10.0 Å². The van der Waals surface area contributed by atoms with Crippen LogP contribution in [0.3, 0.4) is 0 Å². The molecule has 7 heteroatoms. The number of anilines is 2. The summed E-state index contributed by atoms with van der Waals surface area (Å²) in [4.78, 5) is 13.1. The van der Waals surface area contributed by atoms with Gasteiger partial charge in [-0.3, -0.25) is 0 Å². The summed E-state index contributed by atoms with van der Waals surface area (Å²) < 4.78 is 0. The monoisotopic (exact) mass is 336 g/mol. The van der Waals surface area contributed by atoms with E-state index in [0.29, 0.717) is 26.7 Å². The molecule has 1 aromatic carbocycles. The van der Waals surface area contributed by atoms with Crippen molar-refractivity contribution in [2.75, 3.05) is 11.6 Å². The number of nitrogens with one attached hydrogen (secondary N) is 1. The molecule has 1 N–H and O–H groups in total. The second-order valence-electron chi connectivity index (χ2n) is 4.18. The Balaban J connectivity index is 2.10. The van der Waals surface area contributed by atoms with Gasteiger partial charge in [0.1, 0.15) is 5.82 Å². The lowest BCUT2D eigenvalue weighted by Crippen LogP contribution is -1.99. The van der Waals surface area contributed by atoms with Crippen LogP contribution in [0.4, 0.5) is 11.5 Å². The zero-order chi connectivity index (χ0) is 14.8. The van der Waals surface area contributed by atoms with Crippen molar-refractivity contribution in [3.8, 4) is 0 Å². The zero-order valence-corrected chi connectivity index (χ0v) is 13.3. The molecule has 0 saturated heterocycles. The van der Waals surface area contributed by atoms with E-state index in [4.69, 9.17) is 23.2 Å². The van der Waals surface area contributed by atoms with Gasteiger partial charge in [0, 0.05) is 11.2 Å². The summed E-state index contributed by atoms with van der Waals surface area (Å²) in [6.07, 6.45) is 3.63. The van der Waals surface area contributed by atoms with E-state index in [1.165, 1.54) is 11.8 Å². The Morgan fingerprint density at radius 1 is 1.14 bits per heavy atom. The number of rotatable bonds is 3. The van der Waals surface area contributed by atoms with Crippen molar-refractivity contribution in [2.45, 2.75) is 5.16 Å². The highest BCUT2D eigenvalue weighted by atomic mass is 35.5. The van der Waals surface area contributed by atoms with E-state index < -0.39 is 0 Å². The minimum atomic E-state index is 0.531. The van der Waals surface area contributed by atoms with Gasteiger partial charge in [0.2, 0.25) is 0 Å². The molecule has 0 aliphatic rings. The van der Waals surface area contributed by atoms with E-state index in [1.54, 1.807) is 18.3 Å². The van der Waals surface area contributed by atoms with Crippen LogP contribution in [0.25, 0.3) is 11.0 Å². The lowest BCUT2D eigenvalue weighted by Gasteiger charge is -2.11. The van der Waals surface area contributed by atoms with Crippen LogP contribution in [-0.4, -0.2) is 21.2 Å². The second-order valence-corrected chi connectivity index (χ2v) is 5.80. The van der Waals surface area contributed by atoms with Crippen LogP contribution in [0.15, 0.2) is 41.7 Å². The second kappa shape index (κ2) is 6.05. The molecule has 0 bridgehead atoms. The Morgan fingerprint density at radius 3 is 2.76 bits per heavy atom. The number of hydrogen-bond donors (Lipinski definition) is 1. The molecule has 4 nitrogen and oxygen atoms in total. The minimum Gasteiger partial charge on any atom is -0.338 e. The fraction of sp³-hybridized carbons (Fsp3) is 0.0714. The average molecular weight is 337 g/mol. The molecule has 0 saturated carbocycles. The number of halogens is 2. The van der Waals surface area contributed by atoms with Crippen molar-refractivity contribution in [3.05, 3.63) is 46.6 Å². The summed E-state index contributed by atoms with van der Waals surface area (Å²) in [7, 11) is 0. The van der Waals surface area contributed by atoms with E-state index in [9.17, 15) is 0 Å². The van der Waals surface area contributed by atoms with E-state index in [1.807, 2.05) is 24.5 Å². The molecular formula is C14H10Cl2N4S. The molecule has 0 aliphatic heterocycles. The third-order valence-electron chi connectivity index (χ3n) is 2.82. The Labute approximate surface area is 135 Å². The van der Waals surface area contributed by atoms with Crippen molar-refractivity contribution < 1.29 is 0 Å².